The van der Waals surface area contributed by atoms with Crippen LogP contribution in [0, 0.1) is 24.1 Å². The number of hydrogen-bond donors (Lipinski definition) is 0. The van der Waals surface area contributed by atoms with E-state index >= 15 is 0 Å². The lowest BCUT2D eigenvalue weighted by Crippen LogP contribution is -2.39. The van der Waals surface area contributed by atoms with E-state index in [-0.39, 0.29) is 11.1 Å². The molecule has 2 heterocycles. The van der Waals surface area contributed by atoms with E-state index < -0.39 is 5.82 Å². The van der Waals surface area contributed by atoms with Crippen molar-refractivity contribution in [2.24, 2.45) is 0 Å². The topological polar surface area (TPSA) is 49.1 Å². The Balaban J connectivity index is 1.83. The van der Waals surface area contributed by atoms with E-state index in [0.29, 0.717) is 25.4 Å². The summed E-state index contributed by atoms with van der Waals surface area (Å²) in [5, 5.41) is 9.21. The van der Waals surface area contributed by atoms with Crippen LogP contribution in [0.2, 0.25) is 5.02 Å². The SMILES string of the molecule is Cc1ccc(N2CCOC(c3ccc(F)c(Cl)c3)C2)nc1C#N. The Morgan fingerprint density at radius 1 is 1.39 bits per heavy atom. The molecule has 23 heavy (non-hydrogen) atoms. The van der Waals surface area contributed by atoms with Crippen LogP contribution in [-0.4, -0.2) is 24.7 Å². The smallest absolute Gasteiger partial charge is 0.145 e. The van der Waals surface area contributed by atoms with E-state index in [2.05, 4.69) is 16.0 Å². The molecule has 1 aliphatic heterocycles. The van der Waals surface area contributed by atoms with Gasteiger partial charge >= 0.3 is 0 Å². The summed E-state index contributed by atoms with van der Waals surface area (Å²) in [5.41, 5.74) is 2.11. The molecule has 1 unspecified atom stereocenters. The number of pyridine rings is 1. The zero-order chi connectivity index (χ0) is 16.4. The summed E-state index contributed by atoms with van der Waals surface area (Å²) in [5.74, 6) is 0.301. The first kappa shape index (κ1) is 15.7. The van der Waals surface area contributed by atoms with Gasteiger partial charge in [-0.3, -0.25) is 0 Å². The van der Waals surface area contributed by atoms with E-state index in [4.69, 9.17) is 21.6 Å². The second-order valence-corrected chi connectivity index (χ2v) is 5.83. The second-order valence-electron chi connectivity index (χ2n) is 5.43. The molecule has 1 fully saturated rings. The molecule has 0 bridgehead atoms. The Bertz CT molecular complexity index is 775. The highest BCUT2D eigenvalue weighted by atomic mass is 35.5. The third-order valence-electron chi connectivity index (χ3n) is 3.89. The quantitative estimate of drug-likeness (QED) is 0.843. The zero-order valence-corrected chi connectivity index (χ0v) is 13.3. The van der Waals surface area contributed by atoms with Gasteiger partial charge in [-0.05, 0) is 36.2 Å². The van der Waals surface area contributed by atoms with Gasteiger partial charge in [-0.2, -0.15) is 5.26 Å². The van der Waals surface area contributed by atoms with E-state index in [1.54, 1.807) is 12.1 Å². The van der Waals surface area contributed by atoms with Crippen molar-refractivity contribution in [2.75, 3.05) is 24.6 Å². The van der Waals surface area contributed by atoms with Crippen LogP contribution in [0.25, 0.3) is 0 Å². The molecule has 118 valence electrons. The standard InChI is InChI=1S/C17H15ClFN3O/c1-11-2-5-17(21-15(11)9-20)22-6-7-23-16(10-22)12-3-4-14(19)13(18)8-12/h2-5,8,16H,6-7,10H2,1H3. The van der Waals surface area contributed by atoms with Gasteiger partial charge in [-0.25, -0.2) is 9.37 Å². The van der Waals surface area contributed by atoms with Crippen molar-refractivity contribution in [3.8, 4) is 6.07 Å². The highest BCUT2D eigenvalue weighted by Crippen LogP contribution is 2.28. The molecule has 1 aliphatic rings. The molecule has 4 nitrogen and oxygen atoms in total. The van der Waals surface area contributed by atoms with E-state index in [0.717, 1.165) is 16.9 Å². The molecule has 0 amide bonds. The number of morpholine rings is 1. The number of aryl methyl sites for hydroxylation is 1. The fourth-order valence-corrected chi connectivity index (χ4v) is 2.77. The molecule has 1 saturated heterocycles. The van der Waals surface area contributed by atoms with Crippen molar-refractivity contribution >= 4 is 17.4 Å². The Kier molecular flexibility index (Phi) is 4.46. The third-order valence-corrected chi connectivity index (χ3v) is 4.18. The van der Waals surface area contributed by atoms with E-state index in [9.17, 15) is 4.39 Å². The predicted octanol–water partition coefficient (Wildman–Crippen LogP) is 3.63. The highest BCUT2D eigenvalue weighted by molar-refractivity contribution is 6.30. The van der Waals surface area contributed by atoms with Crippen LogP contribution >= 0.6 is 11.6 Å². The maximum absolute atomic E-state index is 13.3. The molecule has 0 radical (unpaired) electrons. The van der Waals surface area contributed by atoms with Crippen LogP contribution in [-0.2, 0) is 4.74 Å². The monoisotopic (exact) mass is 331 g/mol. The fourth-order valence-electron chi connectivity index (χ4n) is 2.58. The second kappa shape index (κ2) is 6.53. The lowest BCUT2D eigenvalue weighted by atomic mass is 10.1. The van der Waals surface area contributed by atoms with Crippen molar-refractivity contribution in [2.45, 2.75) is 13.0 Å². The summed E-state index contributed by atoms with van der Waals surface area (Å²) in [4.78, 5) is 6.46. The molecule has 0 spiro atoms. The fraction of sp³-hybridized carbons (Fsp3) is 0.294. The number of anilines is 1. The minimum atomic E-state index is -0.443. The average molecular weight is 332 g/mol. The molecule has 2 aromatic rings. The van der Waals surface area contributed by atoms with Crippen molar-refractivity contribution < 1.29 is 9.13 Å². The summed E-state index contributed by atoms with van der Waals surface area (Å²) in [7, 11) is 0. The van der Waals surface area contributed by atoms with Crippen molar-refractivity contribution in [3.63, 3.8) is 0 Å². The minimum Gasteiger partial charge on any atom is -0.370 e. The molecular weight excluding hydrogens is 317 g/mol. The number of halogens is 2. The average Bonchev–Trinajstić information content (AvgIpc) is 2.58. The number of nitriles is 1. The molecule has 1 aromatic heterocycles. The van der Waals surface area contributed by atoms with Gasteiger partial charge in [0.25, 0.3) is 0 Å². The van der Waals surface area contributed by atoms with E-state index in [1.807, 2.05) is 19.1 Å². The van der Waals surface area contributed by atoms with Gasteiger partial charge in [0, 0.05) is 13.1 Å². The molecule has 0 saturated carbocycles. The Morgan fingerprint density at radius 3 is 2.96 bits per heavy atom. The van der Waals surface area contributed by atoms with Gasteiger partial charge in [0.05, 0.1) is 11.6 Å². The Morgan fingerprint density at radius 2 is 2.22 bits per heavy atom. The predicted molar refractivity (Wildman–Crippen MR) is 86.0 cm³/mol. The maximum atomic E-state index is 13.3. The van der Waals surface area contributed by atoms with Crippen molar-refractivity contribution in [1.82, 2.24) is 4.98 Å². The summed E-state index contributed by atoms with van der Waals surface area (Å²) in [6, 6.07) is 10.5. The normalized spacial score (nSPS) is 17.8. The number of nitrogens with zero attached hydrogens (tertiary/aromatic N) is 3. The van der Waals surface area contributed by atoms with Crippen molar-refractivity contribution in [1.29, 1.82) is 5.26 Å². The lowest BCUT2D eigenvalue weighted by Gasteiger charge is -2.34. The molecule has 3 rings (SSSR count). The summed E-state index contributed by atoms with van der Waals surface area (Å²) in [6.07, 6.45) is -0.213. The molecule has 1 aromatic carbocycles. The van der Waals surface area contributed by atoms with Gasteiger partial charge < -0.3 is 9.64 Å². The molecular formula is C17H15ClFN3O. The molecule has 6 heteroatoms. The van der Waals surface area contributed by atoms with Gasteiger partial charge in [0.2, 0.25) is 0 Å². The first-order valence-corrected chi connectivity index (χ1v) is 7.65. The van der Waals surface area contributed by atoms with Gasteiger partial charge in [-0.1, -0.05) is 23.7 Å². The summed E-state index contributed by atoms with van der Waals surface area (Å²) < 4.78 is 19.1. The molecule has 0 aliphatic carbocycles. The number of ether oxygens (including phenoxy) is 1. The van der Waals surface area contributed by atoms with Crippen LogP contribution in [0.1, 0.15) is 22.9 Å². The molecule has 0 N–H and O–H groups in total. The van der Waals surface area contributed by atoms with Gasteiger partial charge in [0.15, 0.2) is 0 Å². The van der Waals surface area contributed by atoms with Crippen LogP contribution in [0.5, 0.6) is 0 Å². The Labute approximate surface area is 139 Å². The number of hydrogen-bond acceptors (Lipinski definition) is 4. The maximum Gasteiger partial charge on any atom is 0.145 e. The molecule has 1 atom stereocenters. The van der Waals surface area contributed by atoms with Crippen LogP contribution in [0.3, 0.4) is 0 Å². The summed E-state index contributed by atoms with van der Waals surface area (Å²) >= 11 is 5.85. The van der Waals surface area contributed by atoms with Crippen LogP contribution in [0.4, 0.5) is 10.2 Å². The van der Waals surface area contributed by atoms with Crippen LogP contribution < -0.4 is 4.90 Å². The third kappa shape index (κ3) is 3.29. The lowest BCUT2D eigenvalue weighted by molar-refractivity contribution is 0.0395. The number of rotatable bonds is 2. The van der Waals surface area contributed by atoms with Crippen molar-refractivity contribution in [3.05, 3.63) is 58.0 Å². The van der Waals surface area contributed by atoms with Gasteiger partial charge in [-0.15, -0.1) is 0 Å². The summed E-state index contributed by atoms with van der Waals surface area (Å²) in [6.45, 7) is 3.64. The van der Waals surface area contributed by atoms with E-state index in [1.165, 1.54) is 6.07 Å². The highest BCUT2D eigenvalue weighted by Gasteiger charge is 2.24. The largest absolute Gasteiger partial charge is 0.370 e. The van der Waals surface area contributed by atoms with Gasteiger partial charge in [0.1, 0.15) is 29.5 Å². The van der Waals surface area contributed by atoms with Crippen LogP contribution in [0.15, 0.2) is 30.3 Å². The first-order chi connectivity index (χ1) is 11.1. The Hall–Kier alpha value is -2.16. The number of aromatic nitrogens is 1. The zero-order valence-electron chi connectivity index (χ0n) is 12.6. The minimum absolute atomic E-state index is 0.0865. The number of benzene rings is 1. The first-order valence-electron chi connectivity index (χ1n) is 7.27.